The molecule has 0 spiro atoms. The Morgan fingerprint density at radius 2 is 1.92 bits per heavy atom. The Morgan fingerprint density at radius 1 is 1.27 bits per heavy atom. The Kier molecular flexibility index (Phi) is 5.12. The van der Waals surface area contributed by atoms with Gasteiger partial charge in [0.1, 0.15) is 0 Å². The molecule has 2 atom stereocenters. The second-order valence-corrected chi connectivity index (χ2v) is 7.55. The monoisotopic (exact) mass is 379 g/mol. The van der Waals surface area contributed by atoms with E-state index in [-0.39, 0.29) is 36.3 Å². The summed E-state index contributed by atoms with van der Waals surface area (Å²) in [6.45, 7) is 3.80. The third-order valence-corrected chi connectivity index (χ3v) is 5.75. The summed E-state index contributed by atoms with van der Waals surface area (Å²) in [5.41, 5.74) is 3.00. The number of carbonyl (C=O) groups excluding carboxylic acids is 1. The summed E-state index contributed by atoms with van der Waals surface area (Å²) in [7, 11) is 1.77. The van der Waals surface area contributed by atoms with Gasteiger partial charge < -0.3 is 10.6 Å². The van der Waals surface area contributed by atoms with Gasteiger partial charge in [-0.15, -0.1) is 12.4 Å². The van der Waals surface area contributed by atoms with Crippen molar-refractivity contribution < 1.29 is 4.79 Å². The largest absolute Gasteiger partial charge is 0.353 e. The molecule has 142 valence electrons. The van der Waals surface area contributed by atoms with Gasteiger partial charge >= 0.3 is 0 Å². The summed E-state index contributed by atoms with van der Waals surface area (Å²) in [4.78, 5) is 29.3. The Labute approximate surface area is 158 Å². The molecule has 0 aromatic carbocycles. The Bertz CT molecular complexity index is 891. The normalized spacial score (nSPS) is 24.5. The number of carbonyl (C=O) groups is 1. The van der Waals surface area contributed by atoms with Gasteiger partial charge in [0, 0.05) is 30.9 Å². The van der Waals surface area contributed by atoms with Crippen LogP contribution in [0, 0.1) is 13.8 Å². The van der Waals surface area contributed by atoms with Crippen LogP contribution in [0.5, 0.6) is 0 Å². The predicted molar refractivity (Wildman–Crippen MR) is 103 cm³/mol. The number of amides is 1. The quantitative estimate of drug-likeness (QED) is 0.748. The minimum atomic E-state index is -0.154. The summed E-state index contributed by atoms with van der Waals surface area (Å²) in [6.07, 6.45) is 4.72. The molecule has 2 aromatic heterocycles. The number of piperidine rings is 1. The Hall–Kier alpha value is -1.86. The third-order valence-electron chi connectivity index (χ3n) is 5.75. The number of nitrogens with one attached hydrogen (secondary N) is 3. The molecule has 2 aromatic rings. The Balaban J connectivity index is 0.00000196. The fourth-order valence-corrected chi connectivity index (χ4v) is 4.52. The maximum Gasteiger partial charge on any atom is 0.273 e. The average molecular weight is 380 g/mol. The second-order valence-electron chi connectivity index (χ2n) is 7.55. The molecule has 0 saturated carbocycles. The van der Waals surface area contributed by atoms with E-state index < -0.39 is 0 Å². The topological polar surface area (TPSA) is 91.8 Å². The molecular weight excluding hydrogens is 354 g/mol. The van der Waals surface area contributed by atoms with Crippen LogP contribution >= 0.6 is 12.4 Å². The van der Waals surface area contributed by atoms with E-state index in [0.29, 0.717) is 23.1 Å². The number of pyridine rings is 1. The number of nitrogens with zero attached hydrogens (tertiary/aromatic N) is 2. The van der Waals surface area contributed by atoms with Crippen LogP contribution in [0.15, 0.2) is 4.79 Å². The first-order chi connectivity index (χ1) is 11.9. The highest BCUT2D eigenvalue weighted by molar-refractivity contribution is 5.85. The predicted octanol–water partition coefficient (Wildman–Crippen LogP) is 1.24. The first-order valence-electron chi connectivity index (χ1n) is 9.02. The van der Waals surface area contributed by atoms with Crippen LogP contribution in [0.1, 0.15) is 42.5 Å². The SMILES string of the molecule is Cc1nc2c(c(C)c1CC(=O)NC1CC3CCC(C1)N3)c(=O)[nH]n2C.Cl. The zero-order valence-electron chi connectivity index (χ0n) is 15.4. The Morgan fingerprint density at radius 3 is 2.58 bits per heavy atom. The standard InChI is InChI=1S/C18H25N5O2.ClH/c1-9-14(10(2)19-17-16(9)18(25)22-23(17)3)8-15(24)21-13-6-11-4-5-12(7-13)20-11;/h11-13,20H,4-8H2,1-3H3,(H,21,24)(H,22,25);1H. The lowest BCUT2D eigenvalue weighted by Gasteiger charge is -2.29. The lowest BCUT2D eigenvalue weighted by molar-refractivity contribution is -0.121. The van der Waals surface area contributed by atoms with E-state index in [1.807, 2.05) is 13.8 Å². The van der Waals surface area contributed by atoms with Gasteiger partial charge in [-0.25, -0.2) is 4.98 Å². The number of fused-ring (bicyclic) bond motifs is 3. The molecule has 7 nitrogen and oxygen atoms in total. The van der Waals surface area contributed by atoms with Crippen molar-refractivity contribution in [2.24, 2.45) is 7.05 Å². The van der Waals surface area contributed by atoms with E-state index in [1.54, 1.807) is 11.7 Å². The van der Waals surface area contributed by atoms with E-state index >= 15 is 0 Å². The van der Waals surface area contributed by atoms with Crippen LogP contribution in [0.3, 0.4) is 0 Å². The minimum Gasteiger partial charge on any atom is -0.353 e. The van der Waals surface area contributed by atoms with E-state index in [2.05, 4.69) is 20.7 Å². The minimum absolute atomic E-state index is 0. The van der Waals surface area contributed by atoms with Gasteiger partial charge in [0.25, 0.3) is 5.56 Å². The maximum absolute atomic E-state index is 12.6. The fourth-order valence-electron chi connectivity index (χ4n) is 4.52. The van der Waals surface area contributed by atoms with Crippen molar-refractivity contribution in [2.75, 3.05) is 0 Å². The van der Waals surface area contributed by atoms with Crippen LogP contribution in [0.4, 0.5) is 0 Å². The molecule has 2 aliphatic rings. The van der Waals surface area contributed by atoms with Gasteiger partial charge in [-0.3, -0.25) is 19.4 Å². The zero-order chi connectivity index (χ0) is 17.7. The molecule has 2 bridgehead atoms. The van der Waals surface area contributed by atoms with Crippen LogP contribution in [0.25, 0.3) is 11.0 Å². The fraction of sp³-hybridized carbons (Fsp3) is 0.611. The molecule has 26 heavy (non-hydrogen) atoms. The van der Waals surface area contributed by atoms with Crippen molar-refractivity contribution in [3.8, 4) is 0 Å². The number of aryl methyl sites for hydroxylation is 3. The number of H-pyrrole nitrogens is 1. The summed E-state index contributed by atoms with van der Waals surface area (Å²) in [5, 5.41) is 10.1. The van der Waals surface area contributed by atoms with Gasteiger partial charge in [0.05, 0.1) is 11.8 Å². The highest BCUT2D eigenvalue weighted by atomic mass is 35.5. The van der Waals surface area contributed by atoms with Crippen molar-refractivity contribution in [1.82, 2.24) is 25.4 Å². The lowest BCUT2D eigenvalue weighted by Crippen LogP contribution is -2.48. The maximum atomic E-state index is 12.6. The van der Waals surface area contributed by atoms with Crippen molar-refractivity contribution in [2.45, 2.75) is 64.1 Å². The van der Waals surface area contributed by atoms with Gasteiger partial charge in [-0.2, -0.15) is 0 Å². The van der Waals surface area contributed by atoms with Crippen LogP contribution in [0.2, 0.25) is 0 Å². The molecule has 4 rings (SSSR count). The van der Waals surface area contributed by atoms with Crippen LogP contribution in [-0.2, 0) is 18.3 Å². The smallest absolute Gasteiger partial charge is 0.273 e. The second kappa shape index (κ2) is 7.04. The molecule has 1 amide bonds. The van der Waals surface area contributed by atoms with Crippen molar-refractivity contribution in [3.05, 3.63) is 27.2 Å². The van der Waals surface area contributed by atoms with Crippen LogP contribution < -0.4 is 16.2 Å². The molecule has 0 radical (unpaired) electrons. The summed E-state index contributed by atoms with van der Waals surface area (Å²) < 4.78 is 1.63. The number of hydrogen-bond donors (Lipinski definition) is 3. The van der Waals surface area contributed by atoms with E-state index in [9.17, 15) is 9.59 Å². The van der Waals surface area contributed by atoms with Gasteiger partial charge in [0.15, 0.2) is 5.65 Å². The first-order valence-corrected chi connectivity index (χ1v) is 9.02. The molecule has 3 N–H and O–H groups in total. The molecule has 2 fully saturated rings. The molecule has 0 aliphatic carbocycles. The van der Waals surface area contributed by atoms with E-state index in [1.165, 1.54) is 12.8 Å². The van der Waals surface area contributed by atoms with Gasteiger partial charge in [0.2, 0.25) is 5.91 Å². The number of rotatable bonds is 3. The van der Waals surface area contributed by atoms with Crippen molar-refractivity contribution >= 4 is 29.3 Å². The number of aromatic nitrogens is 3. The van der Waals surface area contributed by atoms with Crippen LogP contribution in [-0.4, -0.2) is 38.8 Å². The molecule has 2 saturated heterocycles. The lowest BCUT2D eigenvalue weighted by atomic mass is 9.98. The highest BCUT2D eigenvalue weighted by Crippen LogP contribution is 2.27. The zero-order valence-corrected chi connectivity index (χ0v) is 16.2. The number of aromatic amines is 1. The van der Waals surface area contributed by atoms with Crippen molar-refractivity contribution in [3.63, 3.8) is 0 Å². The summed E-state index contributed by atoms with van der Waals surface area (Å²) in [6, 6.07) is 1.35. The molecule has 2 aliphatic heterocycles. The van der Waals surface area contributed by atoms with Crippen molar-refractivity contribution in [1.29, 1.82) is 0 Å². The summed E-state index contributed by atoms with van der Waals surface area (Å²) in [5.74, 6) is 0.0195. The molecular formula is C18H26ClN5O2. The third kappa shape index (κ3) is 3.25. The highest BCUT2D eigenvalue weighted by Gasteiger charge is 2.34. The summed E-state index contributed by atoms with van der Waals surface area (Å²) >= 11 is 0. The first kappa shape index (κ1) is 18.9. The van der Waals surface area contributed by atoms with Gasteiger partial charge in [-0.05, 0) is 50.7 Å². The average Bonchev–Trinajstić information content (AvgIpc) is 3.02. The molecule has 8 heteroatoms. The number of hydrogen-bond acceptors (Lipinski definition) is 4. The van der Waals surface area contributed by atoms with E-state index in [4.69, 9.17) is 0 Å². The molecule has 4 heterocycles. The van der Waals surface area contributed by atoms with E-state index in [0.717, 1.165) is 29.7 Å². The number of halogens is 1. The molecule has 2 unspecified atom stereocenters. The van der Waals surface area contributed by atoms with Gasteiger partial charge in [-0.1, -0.05) is 0 Å².